The number of aliphatic hydroxyl groups excluding tert-OH is 1. The predicted molar refractivity (Wildman–Crippen MR) is 85.5 cm³/mol. The van der Waals surface area contributed by atoms with Crippen molar-refractivity contribution in [1.82, 2.24) is 20.5 Å². The van der Waals surface area contributed by atoms with Crippen LogP contribution in [0.5, 0.6) is 0 Å². The van der Waals surface area contributed by atoms with Gasteiger partial charge >= 0.3 is 0 Å². The third-order valence-corrected chi connectivity index (χ3v) is 3.48. The van der Waals surface area contributed by atoms with Crippen LogP contribution in [-0.2, 0) is 0 Å². The normalized spacial score (nSPS) is 11.9. The van der Waals surface area contributed by atoms with E-state index in [9.17, 15) is 14.3 Å². The summed E-state index contributed by atoms with van der Waals surface area (Å²) in [6.07, 6.45) is 2.01. The van der Waals surface area contributed by atoms with Crippen LogP contribution in [0.25, 0.3) is 11.3 Å². The number of amides is 1. The van der Waals surface area contributed by atoms with Crippen LogP contribution in [0.15, 0.2) is 54.9 Å². The summed E-state index contributed by atoms with van der Waals surface area (Å²) in [6.45, 7) is 0.00359. The summed E-state index contributed by atoms with van der Waals surface area (Å²) in [5, 5.41) is 19.2. The monoisotopic (exact) mass is 326 g/mol. The molecule has 3 N–H and O–H groups in total. The van der Waals surface area contributed by atoms with Crippen LogP contribution < -0.4 is 5.32 Å². The molecule has 0 unspecified atom stereocenters. The number of nitrogens with one attached hydrogen (secondary N) is 2. The first-order valence-corrected chi connectivity index (χ1v) is 7.31. The molecular formula is C17H15FN4O2. The molecule has 7 heteroatoms. The number of pyridine rings is 1. The van der Waals surface area contributed by atoms with E-state index in [1.54, 1.807) is 36.5 Å². The zero-order chi connectivity index (χ0) is 16.9. The molecule has 24 heavy (non-hydrogen) atoms. The van der Waals surface area contributed by atoms with Gasteiger partial charge in [-0.15, -0.1) is 0 Å². The second-order valence-corrected chi connectivity index (χ2v) is 5.15. The number of nitrogens with zero attached hydrogens (tertiary/aromatic N) is 2. The van der Waals surface area contributed by atoms with Gasteiger partial charge in [0.05, 0.1) is 23.1 Å². The topological polar surface area (TPSA) is 90.9 Å². The van der Waals surface area contributed by atoms with E-state index < -0.39 is 17.8 Å². The van der Waals surface area contributed by atoms with Gasteiger partial charge < -0.3 is 10.4 Å². The largest absolute Gasteiger partial charge is 0.385 e. The van der Waals surface area contributed by atoms with E-state index in [0.29, 0.717) is 17.0 Å². The molecule has 0 aliphatic rings. The van der Waals surface area contributed by atoms with Gasteiger partial charge in [0, 0.05) is 18.3 Å². The Morgan fingerprint density at radius 3 is 2.92 bits per heavy atom. The van der Waals surface area contributed by atoms with Crippen molar-refractivity contribution in [3.63, 3.8) is 0 Å². The second kappa shape index (κ2) is 7.01. The summed E-state index contributed by atoms with van der Waals surface area (Å²) < 4.78 is 13.4. The molecule has 2 heterocycles. The van der Waals surface area contributed by atoms with E-state index in [0.717, 1.165) is 0 Å². The lowest BCUT2D eigenvalue weighted by atomic mass is 10.1. The molecule has 122 valence electrons. The van der Waals surface area contributed by atoms with Crippen molar-refractivity contribution >= 4 is 5.91 Å². The summed E-state index contributed by atoms with van der Waals surface area (Å²) in [5.74, 6) is -0.822. The number of rotatable bonds is 5. The van der Waals surface area contributed by atoms with E-state index in [-0.39, 0.29) is 12.1 Å². The van der Waals surface area contributed by atoms with Crippen LogP contribution in [0.1, 0.15) is 22.2 Å². The minimum absolute atomic E-state index is 0.00359. The Balaban J connectivity index is 1.71. The number of aromatic nitrogens is 3. The molecule has 2 aromatic heterocycles. The highest BCUT2D eigenvalue weighted by Crippen LogP contribution is 2.21. The Labute approximate surface area is 137 Å². The fraction of sp³-hybridized carbons (Fsp3) is 0.118. The van der Waals surface area contributed by atoms with Crippen LogP contribution in [0.4, 0.5) is 4.39 Å². The van der Waals surface area contributed by atoms with Gasteiger partial charge in [0.2, 0.25) is 0 Å². The van der Waals surface area contributed by atoms with Crippen molar-refractivity contribution < 1.29 is 14.3 Å². The van der Waals surface area contributed by atoms with Crippen molar-refractivity contribution in [2.24, 2.45) is 0 Å². The fourth-order valence-corrected chi connectivity index (χ4v) is 2.28. The van der Waals surface area contributed by atoms with Crippen LogP contribution in [0.2, 0.25) is 0 Å². The predicted octanol–water partition coefficient (Wildman–Crippen LogP) is 2.07. The number of halogens is 1. The molecule has 0 bridgehead atoms. The van der Waals surface area contributed by atoms with E-state index in [1.807, 2.05) is 0 Å². The minimum atomic E-state index is -0.917. The van der Waals surface area contributed by atoms with Gasteiger partial charge in [-0.3, -0.25) is 14.9 Å². The molecule has 1 atom stereocenters. The maximum Gasteiger partial charge on any atom is 0.255 e. The lowest BCUT2D eigenvalue weighted by molar-refractivity contribution is 0.0915. The zero-order valence-corrected chi connectivity index (χ0v) is 12.6. The van der Waals surface area contributed by atoms with E-state index in [1.165, 1.54) is 18.3 Å². The van der Waals surface area contributed by atoms with Gasteiger partial charge in [-0.2, -0.15) is 5.10 Å². The molecule has 3 aromatic rings. The Bertz CT molecular complexity index is 835. The Hall–Kier alpha value is -3.06. The number of carbonyl (C=O) groups excluding carboxylic acids is 1. The van der Waals surface area contributed by atoms with E-state index >= 15 is 0 Å². The number of hydrogen-bond acceptors (Lipinski definition) is 4. The molecule has 0 spiro atoms. The third kappa shape index (κ3) is 3.47. The highest BCUT2D eigenvalue weighted by atomic mass is 19.1. The smallest absolute Gasteiger partial charge is 0.255 e. The van der Waals surface area contributed by atoms with Crippen molar-refractivity contribution in [3.8, 4) is 11.3 Å². The summed E-state index contributed by atoms with van der Waals surface area (Å²) >= 11 is 0. The quantitative estimate of drug-likeness (QED) is 0.669. The van der Waals surface area contributed by atoms with E-state index in [2.05, 4.69) is 20.5 Å². The minimum Gasteiger partial charge on any atom is -0.385 e. The van der Waals surface area contributed by atoms with Crippen LogP contribution in [-0.4, -0.2) is 32.7 Å². The number of H-pyrrole nitrogens is 1. The van der Waals surface area contributed by atoms with Crippen molar-refractivity contribution in [2.45, 2.75) is 6.10 Å². The molecule has 0 aliphatic carbocycles. The summed E-state index contributed by atoms with van der Waals surface area (Å²) in [7, 11) is 0. The molecule has 0 fully saturated rings. The van der Waals surface area contributed by atoms with Crippen LogP contribution >= 0.6 is 0 Å². The van der Waals surface area contributed by atoms with Gasteiger partial charge in [-0.05, 0) is 24.3 Å². The Kier molecular flexibility index (Phi) is 4.62. The molecular weight excluding hydrogens is 311 g/mol. The zero-order valence-electron chi connectivity index (χ0n) is 12.6. The van der Waals surface area contributed by atoms with Gasteiger partial charge in [0.25, 0.3) is 5.91 Å². The van der Waals surface area contributed by atoms with Gasteiger partial charge in [0.1, 0.15) is 11.9 Å². The van der Waals surface area contributed by atoms with Gasteiger partial charge in [-0.1, -0.05) is 18.2 Å². The number of aromatic amines is 1. The van der Waals surface area contributed by atoms with E-state index in [4.69, 9.17) is 0 Å². The average molecular weight is 326 g/mol. The maximum absolute atomic E-state index is 13.4. The molecule has 1 amide bonds. The lowest BCUT2D eigenvalue weighted by Gasteiger charge is -2.11. The van der Waals surface area contributed by atoms with Gasteiger partial charge in [0.15, 0.2) is 0 Å². The summed E-state index contributed by atoms with van der Waals surface area (Å²) in [5.41, 5.74) is 1.67. The third-order valence-electron chi connectivity index (χ3n) is 3.48. The Morgan fingerprint density at radius 1 is 1.29 bits per heavy atom. The summed E-state index contributed by atoms with van der Waals surface area (Å²) in [6, 6.07) is 11.0. The first-order valence-electron chi connectivity index (χ1n) is 7.31. The number of carbonyl (C=O) groups is 1. The molecule has 0 saturated heterocycles. The molecule has 3 rings (SSSR count). The maximum atomic E-state index is 13.4. The number of aliphatic hydroxyl groups is 1. The first-order chi connectivity index (χ1) is 11.6. The van der Waals surface area contributed by atoms with Crippen molar-refractivity contribution in [2.75, 3.05) is 6.54 Å². The Morgan fingerprint density at radius 2 is 2.17 bits per heavy atom. The number of benzene rings is 1. The molecule has 6 nitrogen and oxygen atoms in total. The van der Waals surface area contributed by atoms with Crippen molar-refractivity contribution in [3.05, 3.63) is 71.9 Å². The molecule has 0 aliphatic heterocycles. The summed E-state index contributed by atoms with van der Waals surface area (Å²) in [4.78, 5) is 16.4. The lowest BCUT2D eigenvalue weighted by Crippen LogP contribution is -2.28. The van der Waals surface area contributed by atoms with Crippen LogP contribution in [0, 0.1) is 5.82 Å². The molecule has 0 saturated carbocycles. The van der Waals surface area contributed by atoms with Crippen LogP contribution in [0.3, 0.4) is 0 Å². The molecule has 1 aromatic carbocycles. The van der Waals surface area contributed by atoms with Crippen molar-refractivity contribution in [1.29, 1.82) is 0 Å². The standard InChI is InChI=1S/C17H15FN4O2/c18-12-5-3-4-11(8-12)16-13(9-21-22-16)17(24)20-10-15(23)14-6-1-2-7-19-14/h1-9,15,23H,10H2,(H,20,24)(H,21,22)/t15-/m0/s1. The first kappa shape index (κ1) is 15.8. The fourth-order valence-electron chi connectivity index (χ4n) is 2.28. The SMILES string of the molecule is O=C(NC[C@H](O)c1ccccn1)c1cn[nH]c1-c1cccc(F)c1. The highest BCUT2D eigenvalue weighted by molar-refractivity contribution is 5.99. The second-order valence-electron chi connectivity index (χ2n) is 5.15. The number of hydrogen-bond donors (Lipinski definition) is 3. The highest BCUT2D eigenvalue weighted by Gasteiger charge is 2.17. The van der Waals surface area contributed by atoms with Gasteiger partial charge in [-0.25, -0.2) is 4.39 Å². The molecule has 0 radical (unpaired) electrons. The average Bonchev–Trinajstić information content (AvgIpc) is 3.10.